The molecule has 0 spiro atoms. The second-order valence-corrected chi connectivity index (χ2v) is 5.00. The predicted molar refractivity (Wildman–Crippen MR) is 82.9 cm³/mol. The fraction of sp³-hybridized carbons (Fsp3) is 0.118. The first-order valence-corrected chi connectivity index (χ1v) is 6.64. The first-order valence-electron chi connectivity index (χ1n) is 6.64. The van der Waals surface area contributed by atoms with Crippen molar-refractivity contribution in [3.63, 3.8) is 0 Å². The highest BCUT2D eigenvalue weighted by molar-refractivity contribution is 5.63. The third-order valence-corrected chi connectivity index (χ3v) is 3.54. The van der Waals surface area contributed by atoms with E-state index in [4.69, 9.17) is 5.73 Å². The number of nitrogens with zero attached hydrogens (tertiary/aromatic N) is 2. The summed E-state index contributed by atoms with van der Waals surface area (Å²) < 4.78 is 1.79. The Balaban J connectivity index is 2.07. The van der Waals surface area contributed by atoms with E-state index in [1.165, 1.54) is 11.1 Å². The third kappa shape index (κ3) is 2.18. The van der Waals surface area contributed by atoms with Crippen LogP contribution in [0.2, 0.25) is 0 Å². The van der Waals surface area contributed by atoms with Gasteiger partial charge in [-0.05, 0) is 37.1 Å². The van der Waals surface area contributed by atoms with E-state index in [1.807, 2.05) is 42.5 Å². The van der Waals surface area contributed by atoms with Crippen LogP contribution < -0.4 is 5.73 Å². The van der Waals surface area contributed by atoms with Crippen molar-refractivity contribution in [2.24, 2.45) is 0 Å². The molecule has 20 heavy (non-hydrogen) atoms. The fourth-order valence-corrected chi connectivity index (χ4v) is 2.21. The number of aromatic nitrogens is 2. The minimum Gasteiger partial charge on any atom is -0.384 e. The lowest BCUT2D eigenvalue weighted by Crippen LogP contribution is -2.02. The van der Waals surface area contributed by atoms with E-state index >= 15 is 0 Å². The first kappa shape index (κ1) is 12.5. The summed E-state index contributed by atoms with van der Waals surface area (Å²) in [7, 11) is 0. The minimum atomic E-state index is 0.645. The van der Waals surface area contributed by atoms with Crippen LogP contribution in [0.1, 0.15) is 11.1 Å². The molecule has 2 N–H and O–H groups in total. The molecule has 3 nitrogen and oxygen atoms in total. The molecule has 0 saturated heterocycles. The molecular formula is C17H17N3. The highest BCUT2D eigenvalue weighted by Gasteiger charge is 2.09. The molecule has 0 bridgehead atoms. The zero-order valence-electron chi connectivity index (χ0n) is 11.7. The van der Waals surface area contributed by atoms with Crippen molar-refractivity contribution in [2.45, 2.75) is 13.8 Å². The van der Waals surface area contributed by atoms with Gasteiger partial charge in [0.1, 0.15) is 5.82 Å². The summed E-state index contributed by atoms with van der Waals surface area (Å²) >= 11 is 0. The van der Waals surface area contributed by atoms with E-state index in [9.17, 15) is 0 Å². The molecule has 0 unspecified atom stereocenters. The molecule has 0 fully saturated rings. The van der Waals surface area contributed by atoms with Gasteiger partial charge in [0.25, 0.3) is 0 Å². The van der Waals surface area contributed by atoms with Crippen LogP contribution in [0.15, 0.2) is 54.6 Å². The molecule has 100 valence electrons. The summed E-state index contributed by atoms with van der Waals surface area (Å²) in [6.07, 6.45) is 0. The van der Waals surface area contributed by atoms with Gasteiger partial charge in [0, 0.05) is 11.6 Å². The highest BCUT2D eigenvalue weighted by Crippen LogP contribution is 2.23. The van der Waals surface area contributed by atoms with Gasteiger partial charge < -0.3 is 5.73 Å². The van der Waals surface area contributed by atoms with Gasteiger partial charge in [-0.1, -0.05) is 36.4 Å². The summed E-state index contributed by atoms with van der Waals surface area (Å²) in [5, 5.41) is 4.61. The number of nitrogen functional groups attached to an aromatic ring is 1. The van der Waals surface area contributed by atoms with E-state index in [0.29, 0.717) is 5.82 Å². The number of aryl methyl sites for hydroxylation is 2. The summed E-state index contributed by atoms with van der Waals surface area (Å²) in [6.45, 7) is 4.19. The van der Waals surface area contributed by atoms with Crippen LogP contribution in [0.4, 0.5) is 5.82 Å². The molecule has 0 aliphatic rings. The monoisotopic (exact) mass is 263 g/mol. The normalized spacial score (nSPS) is 10.7. The maximum atomic E-state index is 6.10. The number of benzene rings is 2. The van der Waals surface area contributed by atoms with Crippen LogP contribution in [-0.4, -0.2) is 9.78 Å². The summed E-state index contributed by atoms with van der Waals surface area (Å²) in [5.74, 6) is 0.645. The number of anilines is 1. The number of hydrogen-bond donors (Lipinski definition) is 1. The van der Waals surface area contributed by atoms with Crippen molar-refractivity contribution < 1.29 is 0 Å². The molecule has 0 saturated carbocycles. The molecule has 1 aromatic heterocycles. The Labute approximate surface area is 118 Å². The molecule has 0 aliphatic carbocycles. The van der Waals surface area contributed by atoms with Crippen molar-refractivity contribution in [1.29, 1.82) is 0 Å². The Bertz CT molecular complexity index is 742. The van der Waals surface area contributed by atoms with Crippen LogP contribution in [-0.2, 0) is 0 Å². The maximum absolute atomic E-state index is 6.10. The van der Waals surface area contributed by atoms with Gasteiger partial charge in [-0.2, -0.15) is 5.10 Å². The molecule has 0 amide bonds. The predicted octanol–water partition coefficient (Wildman–Crippen LogP) is 3.74. The van der Waals surface area contributed by atoms with Crippen molar-refractivity contribution in [2.75, 3.05) is 5.73 Å². The molecule has 3 aromatic rings. The lowest BCUT2D eigenvalue weighted by Gasteiger charge is -2.06. The van der Waals surface area contributed by atoms with Crippen molar-refractivity contribution in [3.05, 3.63) is 65.7 Å². The first-order chi connectivity index (χ1) is 9.65. The Morgan fingerprint density at radius 3 is 2.35 bits per heavy atom. The van der Waals surface area contributed by atoms with Gasteiger partial charge in [0.05, 0.1) is 11.4 Å². The highest BCUT2D eigenvalue weighted by atomic mass is 15.3. The average Bonchev–Trinajstić information content (AvgIpc) is 2.85. The van der Waals surface area contributed by atoms with E-state index in [2.05, 4.69) is 31.1 Å². The molecule has 3 heteroatoms. The second-order valence-electron chi connectivity index (χ2n) is 5.00. The van der Waals surface area contributed by atoms with Crippen LogP contribution >= 0.6 is 0 Å². The molecular weight excluding hydrogens is 246 g/mol. The van der Waals surface area contributed by atoms with Crippen molar-refractivity contribution in [1.82, 2.24) is 9.78 Å². The quantitative estimate of drug-likeness (QED) is 0.765. The van der Waals surface area contributed by atoms with Gasteiger partial charge in [-0.25, -0.2) is 4.68 Å². The number of hydrogen-bond acceptors (Lipinski definition) is 2. The summed E-state index contributed by atoms with van der Waals surface area (Å²) in [5.41, 5.74) is 11.6. The number of rotatable bonds is 2. The van der Waals surface area contributed by atoms with Crippen molar-refractivity contribution >= 4 is 5.82 Å². The third-order valence-electron chi connectivity index (χ3n) is 3.54. The van der Waals surface area contributed by atoms with E-state index < -0.39 is 0 Å². The smallest absolute Gasteiger partial charge is 0.127 e. The Hall–Kier alpha value is -2.55. The maximum Gasteiger partial charge on any atom is 0.127 e. The van der Waals surface area contributed by atoms with Crippen LogP contribution in [0, 0.1) is 13.8 Å². The lowest BCUT2D eigenvalue weighted by molar-refractivity contribution is 0.893. The Morgan fingerprint density at radius 1 is 0.900 bits per heavy atom. The van der Waals surface area contributed by atoms with Crippen LogP contribution in [0.3, 0.4) is 0 Å². The Kier molecular flexibility index (Phi) is 3.03. The summed E-state index contributed by atoms with van der Waals surface area (Å²) in [6, 6.07) is 18.2. The van der Waals surface area contributed by atoms with Crippen molar-refractivity contribution in [3.8, 4) is 16.9 Å². The van der Waals surface area contributed by atoms with Gasteiger partial charge in [-0.15, -0.1) is 0 Å². The topological polar surface area (TPSA) is 43.8 Å². The molecule has 3 rings (SSSR count). The molecule has 0 atom stereocenters. The SMILES string of the molecule is Cc1ccc(-n2nc(-c3ccccc3)cc2N)cc1C. The van der Waals surface area contributed by atoms with Gasteiger partial charge in [-0.3, -0.25) is 0 Å². The fourth-order valence-electron chi connectivity index (χ4n) is 2.21. The van der Waals surface area contributed by atoms with E-state index in [0.717, 1.165) is 16.9 Å². The molecule has 0 radical (unpaired) electrons. The van der Waals surface area contributed by atoms with Gasteiger partial charge in [0.15, 0.2) is 0 Å². The largest absolute Gasteiger partial charge is 0.384 e. The average molecular weight is 263 g/mol. The van der Waals surface area contributed by atoms with Gasteiger partial charge in [0.2, 0.25) is 0 Å². The molecule has 2 aromatic carbocycles. The zero-order chi connectivity index (χ0) is 14.1. The van der Waals surface area contributed by atoms with Crippen LogP contribution in [0.25, 0.3) is 16.9 Å². The molecule has 0 aliphatic heterocycles. The second kappa shape index (κ2) is 4.85. The zero-order valence-corrected chi connectivity index (χ0v) is 11.7. The lowest BCUT2D eigenvalue weighted by atomic mass is 10.1. The Morgan fingerprint density at radius 2 is 1.65 bits per heavy atom. The summed E-state index contributed by atoms with van der Waals surface area (Å²) in [4.78, 5) is 0. The van der Waals surface area contributed by atoms with Crippen LogP contribution in [0.5, 0.6) is 0 Å². The molecule has 1 heterocycles. The van der Waals surface area contributed by atoms with Gasteiger partial charge >= 0.3 is 0 Å². The number of nitrogens with two attached hydrogens (primary N) is 1. The van der Waals surface area contributed by atoms with E-state index in [-0.39, 0.29) is 0 Å². The van der Waals surface area contributed by atoms with E-state index in [1.54, 1.807) is 4.68 Å². The standard InChI is InChI=1S/C17H17N3/c1-12-8-9-15(10-13(12)2)20-17(18)11-16(19-20)14-6-4-3-5-7-14/h3-11H,18H2,1-2H3. The minimum absolute atomic E-state index is 0.645.